The highest BCUT2D eigenvalue weighted by Gasteiger charge is 2.21. The minimum atomic E-state index is -0.427. The summed E-state index contributed by atoms with van der Waals surface area (Å²) in [6.45, 7) is 0. The zero-order chi connectivity index (χ0) is 14.0. The molecule has 4 N–H and O–H groups in total. The van der Waals surface area contributed by atoms with Crippen LogP contribution in [0.4, 0.5) is 0 Å². The van der Waals surface area contributed by atoms with E-state index in [0.29, 0.717) is 16.2 Å². The number of benzene rings is 4. The van der Waals surface area contributed by atoms with Gasteiger partial charge in [0.1, 0.15) is 0 Å². The van der Waals surface area contributed by atoms with Crippen LogP contribution in [0.3, 0.4) is 0 Å². The molecule has 0 radical (unpaired) electrons. The van der Waals surface area contributed by atoms with Gasteiger partial charge in [-0.3, -0.25) is 0 Å². The van der Waals surface area contributed by atoms with Crippen LogP contribution in [0.25, 0.3) is 32.3 Å². The Labute approximate surface area is 113 Å². The van der Waals surface area contributed by atoms with Crippen LogP contribution in [-0.4, -0.2) is 20.4 Å². The monoisotopic (exact) mass is 266 g/mol. The summed E-state index contributed by atoms with van der Waals surface area (Å²) in [4.78, 5) is 0. The van der Waals surface area contributed by atoms with Crippen molar-refractivity contribution < 1.29 is 20.4 Å². The van der Waals surface area contributed by atoms with Gasteiger partial charge in [-0.15, -0.1) is 0 Å². The summed E-state index contributed by atoms with van der Waals surface area (Å²) in [5.74, 6) is -1.47. The lowest BCUT2D eigenvalue weighted by Gasteiger charge is -2.15. The largest absolute Gasteiger partial charge is 0.504 e. The molecule has 0 aromatic heterocycles. The number of phenols is 4. The minimum absolute atomic E-state index is 0.0711. The average molecular weight is 266 g/mol. The van der Waals surface area contributed by atoms with Crippen LogP contribution >= 0.6 is 0 Å². The van der Waals surface area contributed by atoms with Crippen molar-refractivity contribution in [1.29, 1.82) is 0 Å². The molecule has 0 unspecified atom stereocenters. The van der Waals surface area contributed by atoms with Crippen LogP contribution in [0.1, 0.15) is 0 Å². The molecule has 98 valence electrons. The van der Waals surface area contributed by atoms with Gasteiger partial charge in [0.05, 0.1) is 5.39 Å². The van der Waals surface area contributed by atoms with E-state index in [2.05, 4.69) is 0 Å². The first-order valence-electron chi connectivity index (χ1n) is 6.13. The molecule has 4 nitrogen and oxygen atoms in total. The highest BCUT2D eigenvalue weighted by atomic mass is 16.3. The van der Waals surface area contributed by atoms with Crippen LogP contribution < -0.4 is 0 Å². The molecular formula is C16H10O4. The van der Waals surface area contributed by atoms with Crippen molar-refractivity contribution in [1.82, 2.24) is 0 Å². The Morgan fingerprint density at radius 2 is 1.35 bits per heavy atom. The van der Waals surface area contributed by atoms with E-state index in [1.807, 2.05) is 12.1 Å². The van der Waals surface area contributed by atoms with Gasteiger partial charge < -0.3 is 20.4 Å². The van der Waals surface area contributed by atoms with E-state index in [1.165, 1.54) is 6.07 Å². The second-order valence-electron chi connectivity index (χ2n) is 4.88. The van der Waals surface area contributed by atoms with Crippen molar-refractivity contribution in [3.8, 4) is 23.0 Å². The smallest absolute Gasteiger partial charge is 0.170 e. The standard InChI is InChI=1S/C16H10O4/c17-10-6-8-5-4-7-2-1-3-9-11(7)12(8)13(15(10)19)16(20)14(9)18/h1-6,17-20H. The van der Waals surface area contributed by atoms with Gasteiger partial charge in [-0.1, -0.05) is 30.3 Å². The van der Waals surface area contributed by atoms with Gasteiger partial charge in [0.15, 0.2) is 23.0 Å². The Morgan fingerprint density at radius 3 is 2.15 bits per heavy atom. The molecular weight excluding hydrogens is 256 g/mol. The van der Waals surface area contributed by atoms with Crippen molar-refractivity contribution in [3.63, 3.8) is 0 Å². The number of aromatic hydroxyl groups is 4. The molecule has 4 heteroatoms. The SMILES string of the molecule is Oc1cc2ccc3cccc4c(O)c(O)c(c1O)c2c34. The maximum atomic E-state index is 10.2. The molecule has 0 aliphatic heterocycles. The average Bonchev–Trinajstić information content (AvgIpc) is 2.45. The van der Waals surface area contributed by atoms with Crippen molar-refractivity contribution in [2.75, 3.05) is 0 Å². The van der Waals surface area contributed by atoms with E-state index in [0.717, 1.165) is 10.8 Å². The van der Waals surface area contributed by atoms with Crippen LogP contribution in [0, 0.1) is 0 Å². The molecule has 0 heterocycles. The fraction of sp³-hybridized carbons (Fsp3) is 0. The lowest BCUT2D eigenvalue weighted by Crippen LogP contribution is -1.86. The van der Waals surface area contributed by atoms with E-state index in [-0.39, 0.29) is 16.9 Å². The van der Waals surface area contributed by atoms with Gasteiger partial charge >= 0.3 is 0 Å². The Bertz CT molecular complexity index is 988. The third-order valence-electron chi connectivity index (χ3n) is 3.82. The number of hydrogen-bond donors (Lipinski definition) is 4. The lowest BCUT2D eigenvalue weighted by atomic mass is 9.92. The van der Waals surface area contributed by atoms with E-state index in [4.69, 9.17) is 0 Å². The number of rotatable bonds is 0. The van der Waals surface area contributed by atoms with Crippen molar-refractivity contribution in [2.24, 2.45) is 0 Å². The lowest BCUT2D eigenvalue weighted by molar-refractivity contribution is 0.397. The second kappa shape index (κ2) is 3.36. The number of phenolic OH excluding ortho intramolecular Hbond substituents is 4. The normalized spacial score (nSPS) is 11.8. The first-order chi connectivity index (χ1) is 9.59. The topological polar surface area (TPSA) is 80.9 Å². The predicted octanol–water partition coefficient (Wildman–Crippen LogP) is 3.41. The van der Waals surface area contributed by atoms with E-state index in [9.17, 15) is 20.4 Å². The molecule has 20 heavy (non-hydrogen) atoms. The van der Waals surface area contributed by atoms with Crippen LogP contribution in [0.5, 0.6) is 23.0 Å². The predicted molar refractivity (Wildman–Crippen MR) is 76.8 cm³/mol. The zero-order valence-electron chi connectivity index (χ0n) is 10.3. The Morgan fingerprint density at radius 1 is 0.600 bits per heavy atom. The fourth-order valence-electron chi connectivity index (χ4n) is 2.92. The Kier molecular flexibility index (Phi) is 1.85. The van der Waals surface area contributed by atoms with Crippen molar-refractivity contribution in [3.05, 3.63) is 36.4 Å². The summed E-state index contributed by atoms with van der Waals surface area (Å²) in [5.41, 5.74) is 0. The third-order valence-corrected chi connectivity index (χ3v) is 3.82. The van der Waals surface area contributed by atoms with Crippen molar-refractivity contribution >= 4 is 32.3 Å². The van der Waals surface area contributed by atoms with Gasteiger partial charge in [-0.25, -0.2) is 0 Å². The molecule has 0 bridgehead atoms. The molecule has 0 saturated carbocycles. The van der Waals surface area contributed by atoms with Gasteiger partial charge in [-0.05, 0) is 16.8 Å². The molecule has 0 fully saturated rings. The maximum Gasteiger partial charge on any atom is 0.170 e. The summed E-state index contributed by atoms with van der Waals surface area (Å²) in [7, 11) is 0. The third kappa shape index (κ3) is 1.11. The quantitative estimate of drug-likeness (QED) is 0.290. The molecule has 0 atom stereocenters. The Hall–Kier alpha value is -2.88. The van der Waals surface area contributed by atoms with Crippen LogP contribution in [0.2, 0.25) is 0 Å². The first kappa shape index (κ1) is 11.0. The van der Waals surface area contributed by atoms with Crippen LogP contribution in [-0.2, 0) is 0 Å². The van der Waals surface area contributed by atoms with Crippen LogP contribution in [0.15, 0.2) is 36.4 Å². The van der Waals surface area contributed by atoms with E-state index < -0.39 is 11.5 Å². The summed E-state index contributed by atoms with van der Waals surface area (Å²) >= 11 is 0. The molecule has 4 rings (SSSR count). The molecule has 4 aromatic rings. The van der Waals surface area contributed by atoms with Crippen molar-refractivity contribution in [2.45, 2.75) is 0 Å². The molecule has 0 aliphatic rings. The summed E-state index contributed by atoms with van der Waals surface area (Å²) < 4.78 is 0. The molecule has 0 spiro atoms. The molecule has 0 amide bonds. The highest BCUT2D eigenvalue weighted by molar-refractivity contribution is 6.28. The molecule has 0 aliphatic carbocycles. The first-order valence-corrected chi connectivity index (χ1v) is 6.13. The summed E-state index contributed by atoms with van der Waals surface area (Å²) in [5, 5.41) is 43.6. The summed E-state index contributed by atoms with van der Waals surface area (Å²) in [6, 6.07) is 10.5. The second-order valence-corrected chi connectivity index (χ2v) is 4.88. The zero-order valence-corrected chi connectivity index (χ0v) is 10.3. The van der Waals surface area contributed by atoms with Gasteiger partial charge in [0.25, 0.3) is 0 Å². The Balaban J connectivity index is 2.51. The van der Waals surface area contributed by atoms with Gasteiger partial charge in [-0.2, -0.15) is 0 Å². The maximum absolute atomic E-state index is 10.2. The van der Waals surface area contributed by atoms with Gasteiger partial charge in [0.2, 0.25) is 0 Å². The molecule has 0 saturated heterocycles. The van der Waals surface area contributed by atoms with E-state index >= 15 is 0 Å². The highest BCUT2D eigenvalue weighted by Crippen LogP contribution is 2.51. The minimum Gasteiger partial charge on any atom is -0.504 e. The number of hydrogen-bond acceptors (Lipinski definition) is 4. The van der Waals surface area contributed by atoms with E-state index in [1.54, 1.807) is 18.2 Å². The molecule has 4 aromatic carbocycles. The summed E-state index contributed by atoms with van der Waals surface area (Å²) in [6.07, 6.45) is 0. The fourth-order valence-corrected chi connectivity index (χ4v) is 2.92. The van der Waals surface area contributed by atoms with Gasteiger partial charge in [0, 0.05) is 16.2 Å².